The van der Waals surface area contributed by atoms with Gasteiger partial charge in [-0.2, -0.15) is 0 Å². The van der Waals surface area contributed by atoms with Gasteiger partial charge in [0.25, 0.3) is 5.91 Å². The van der Waals surface area contributed by atoms with Crippen LogP contribution >= 0.6 is 22.9 Å². The Kier molecular flexibility index (Phi) is 3.17. The quantitative estimate of drug-likeness (QED) is 0.621. The first kappa shape index (κ1) is 13.7. The van der Waals surface area contributed by atoms with Crippen LogP contribution in [0.4, 0.5) is 10.1 Å². The summed E-state index contributed by atoms with van der Waals surface area (Å²) >= 11 is 7.59. The SMILES string of the molecule is O=C(c1sc2cc(F)ccc2c1Cl)N1CCc2ccccc21. The number of anilines is 1. The van der Waals surface area contributed by atoms with Gasteiger partial charge in [-0.05, 0) is 36.2 Å². The second kappa shape index (κ2) is 5.07. The Morgan fingerprint density at radius 3 is 2.91 bits per heavy atom. The average Bonchev–Trinajstić information content (AvgIpc) is 3.08. The van der Waals surface area contributed by atoms with E-state index >= 15 is 0 Å². The molecule has 5 heteroatoms. The molecule has 22 heavy (non-hydrogen) atoms. The molecule has 0 spiro atoms. The van der Waals surface area contributed by atoms with Crippen molar-refractivity contribution in [2.75, 3.05) is 11.4 Å². The molecule has 0 aliphatic carbocycles. The van der Waals surface area contributed by atoms with Crippen molar-refractivity contribution in [2.24, 2.45) is 0 Å². The maximum absolute atomic E-state index is 13.3. The molecule has 4 rings (SSSR count). The highest BCUT2D eigenvalue weighted by molar-refractivity contribution is 7.21. The van der Waals surface area contributed by atoms with Gasteiger partial charge in [-0.15, -0.1) is 11.3 Å². The van der Waals surface area contributed by atoms with Gasteiger partial charge in [-0.25, -0.2) is 4.39 Å². The Labute approximate surface area is 135 Å². The molecule has 0 saturated carbocycles. The maximum Gasteiger partial charge on any atom is 0.269 e. The van der Waals surface area contributed by atoms with E-state index in [1.165, 1.54) is 29.0 Å². The van der Waals surface area contributed by atoms with Gasteiger partial charge in [0.2, 0.25) is 0 Å². The van der Waals surface area contributed by atoms with E-state index in [9.17, 15) is 9.18 Å². The van der Waals surface area contributed by atoms with Gasteiger partial charge in [-0.1, -0.05) is 29.8 Å². The monoisotopic (exact) mass is 331 g/mol. The summed E-state index contributed by atoms with van der Waals surface area (Å²) in [5.41, 5.74) is 2.10. The van der Waals surface area contributed by atoms with Crippen LogP contribution in [0.15, 0.2) is 42.5 Å². The zero-order chi connectivity index (χ0) is 15.3. The molecule has 0 N–H and O–H groups in total. The summed E-state index contributed by atoms with van der Waals surface area (Å²) in [4.78, 5) is 15.1. The lowest BCUT2D eigenvalue weighted by atomic mass is 10.2. The average molecular weight is 332 g/mol. The highest BCUT2D eigenvalue weighted by Gasteiger charge is 2.28. The zero-order valence-electron chi connectivity index (χ0n) is 11.5. The molecule has 3 aromatic rings. The van der Waals surface area contributed by atoms with Crippen molar-refractivity contribution in [2.45, 2.75) is 6.42 Å². The van der Waals surface area contributed by atoms with E-state index in [1.807, 2.05) is 24.3 Å². The van der Waals surface area contributed by atoms with Gasteiger partial charge in [0.15, 0.2) is 0 Å². The fourth-order valence-corrected chi connectivity index (χ4v) is 4.33. The third kappa shape index (κ3) is 2.02. The van der Waals surface area contributed by atoms with Crippen LogP contribution in [-0.4, -0.2) is 12.5 Å². The minimum absolute atomic E-state index is 0.114. The standard InChI is InChI=1S/C17H11ClFNOS/c18-15-12-6-5-11(19)9-14(12)22-16(15)17(21)20-8-7-10-3-1-2-4-13(10)20/h1-6,9H,7-8H2. The number of fused-ring (bicyclic) bond motifs is 2. The van der Waals surface area contributed by atoms with Gasteiger partial charge < -0.3 is 4.90 Å². The van der Waals surface area contributed by atoms with Crippen LogP contribution in [0.25, 0.3) is 10.1 Å². The molecule has 1 aliphatic heterocycles. The number of thiophene rings is 1. The highest BCUT2D eigenvalue weighted by atomic mass is 35.5. The molecule has 0 radical (unpaired) electrons. The molecule has 2 heterocycles. The summed E-state index contributed by atoms with van der Waals surface area (Å²) in [5, 5.41) is 1.14. The van der Waals surface area contributed by atoms with Crippen LogP contribution < -0.4 is 4.90 Å². The Bertz CT molecular complexity index is 905. The highest BCUT2D eigenvalue weighted by Crippen LogP contribution is 2.38. The number of rotatable bonds is 1. The normalized spacial score (nSPS) is 13.6. The predicted octanol–water partition coefficient (Wildman–Crippen LogP) is 4.90. The van der Waals surface area contributed by atoms with E-state index in [4.69, 9.17) is 11.6 Å². The lowest BCUT2D eigenvalue weighted by Gasteiger charge is -2.16. The number of carbonyl (C=O) groups is 1. The summed E-state index contributed by atoms with van der Waals surface area (Å²) in [6.45, 7) is 0.650. The molecule has 2 nitrogen and oxygen atoms in total. The number of hydrogen-bond donors (Lipinski definition) is 0. The summed E-state index contributed by atoms with van der Waals surface area (Å²) in [6, 6.07) is 12.3. The van der Waals surface area contributed by atoms with Crippen LogP contribution in [0, 0.1) is 5.82 Å². The molecule has 1 aromatic heterocycles. The summed E-state index contributed by atoms with van der Waals surface area (Å²) < 4.78 is 14.0. The van der Waals surface area contributed by atoms with E-state index in [0.29, 0.717) is 21.1 Å². The van der Waals surface area contributed by atoms with Gasteiger partial charge in [0.05, 0.1) is 5.02 Å². The number of benzene rings is 2. The Morgan fingerprint density at radius 2 is 2.05 bits per heavy atom. The molecule has 2 aromatic carbocycles. The number of carbonyl (C=O) groups excluding carboxylic acids is 1. The van der Waals surface area contributed by atoms with Gasteiger partial charge in [0.1, 0.15) is 10.7 Å². The molecule has 0 unspecified atom stereocenters. The third-order valence-electron chi connectivity index (χ3n) is 3.92. The fourth-order valence-electron chi connectivity index (χ4n) is 2.85. The fraction of sp³-hybridized carbons (Fsp3) is 0.118. The molecule has 0 saturated heterocycles. The molecule has 0 atom stereocenters. The molecular weight excluding hydrogens is 321 g/mol. The number of halogens is 2. The van der Waals surface area contributed by atoms with E-state index in [1.54, 1.807) is 11.0 Å². The molecular formula is C17H11ClFNOS. The van der Waals surface area contributed by atoms with Crippen molar-refractivity contribution >= 4 is 44.6 Å². The topological polar surface area (TPSA) is 20.3 Å². The van der Waals surface area contributed by atoms with Crippen molar-refractivity contribution in [3.8, 4) is 0 Å². The first-order chi connectivity index (χ1) is 10.6. The number of amides is 1. The second-order valence-corrected chi connectivity index (χ2v) is 6.65. The van der Waals surface area contributed by atoms with Crippen LogP contribution in [-0.2, 0) is 6.42 Å². The van der Waals surface area contributed by atoms with Crippen LogP contribution in [0.3, 0.4) is 0 Å². The summed E-state index contributed by atoms with van der Waals surface area (Å²) in [5.74, 6) is -0.438. The van der Waals surface area contributed by atoms with E-state index in [2.05, 4.69) is 0 Å². The van der Waals surface area contributed by atoms with Crippen molar-refractivity contribution in [1.29, 1.82) is 0 Å². The van der Waals surface area contributed by atoms with Crippen LogP contribution in [0.1, 0.15) is 15.2 Å². The second-order valence-electron chi connectivity index (χ2n) is 5.22. The first-order valence-corrected chi connectivity index (χ1v) is 8.12. The van der Waals surface area contributed by atoms with Gasteiger partial charge >= 0.3 is 0 Å². The van der Waals surface area contributed by atoms with Gasteiger partial charge in [-0.3, -0.25) is 4.79 Å². The smallest absolute Gasteiger partial charge is 0.269 e. The molecule has 0 fully saturated rings. The Balaban J connectivity index is 1.80. The number of hydrogen-bond acceptors (Lipinski definition) is 2. The third-order valence-corrected chi connectivity index (χ3v) is 5.56. The maximum atomic E-state index is 13.3. The van der Waals surface area contributed by atoms with Crippen molar-refractivity contribution in [3.63, 3.8) is 0 Å². The minimum atomic E-state index is -0.323. The lowest BCUT2D eigenvalue weighted by Crippen LogP contribution is -2.28. The van der Waals surface area contributed by atoms with Gasteiger partial charge in [0, 0.05) is 22.3 Å². The minimum Gasteiger partial charge on any atom is -0.307 e. The van der Waals surface area contributed by atoms with Crippen molar-refractivity contribution in [3.05, 3.63) is 63.7 Å². The molecule has 0 bridgehead atoms. The summed E-state index contributed by atoms with van der Waals surface area (Å²) in [7, 11) is 0. The van der Waals surface area contributed by atoms with Crippen LogP contribution in [0.5, 0.6) is 0 Å². The molecule has 1 amide bonds. The Hall–Kier alpha value is -1.91. The van der Waals surface area contributed by atoms with E-state index < -0.39 is 0 Å². The largest absolute Gasteiger partial charge is 0.307 e. The Morgan fingerprint density at radius 1 is 1.23 bits per heavy atom. The summed E-state index contributed by atoms with van der Waals surface area (Å²) in [6.07, 6.45) is 0.846. The molecule has 1 aliphatic rings. The molecule has 110 valence electrons. The van der Waals surface area contributed by atoms with Crippen LogP contribution in [0.2, 0.25) is 5.02 Å². The predicted molar refractivity (Wildman–Crippen MR) is 88.6 cm³/mol. The number of para-hydroxylation sites is 1. The first-order valence-electron chi connectivity index (χ1n) is 6.92. The number of nitrogens with zero attached hydrogens (tertiary/aromatic N) is 1. The van der Waals surface area contributed by atoms with E-state index in [0.717, 1.165) is 17.5 Å². The van der Waals surface area contributed by atoms with Crippen molar-refractivity contribution < 1.29 is 9.18 Å². The van der Waals surface area contributed by atoms with E-state index in [-0.39, 0.29) is 11.7 Å². The van der Waals surface area contributed by atoms with Crippen molar-refractivity contribution in [1.82, 2.24) is 0 Å². The zero-order valence-corrected chi connectivity index (χ0v) is 13.0. The lowest BCUT2D eigenvalue weighted by molar-refractivity contribution is 0.0993.